The Hall–Kier alpha value is -3.71. The Balaban J connectivity index is 1.68. The summed E-state index contributed by atoms with van der Waals surface area (Å²) in [5, 5.41) is 16.8. The van der Waals surface area contributed by atoms with Crippen molar-refractivity contribution in [2.24, 2.45) is 0 Å². The molecule has 1 atom stereocenters. The number of allylic oxidation sites excluding steroid dienone is 1. The van der Waals surface area contributed by atoms with Crippen molar-refractivity contribution < 1.29 is 40.4 Å². The lowest BCUT2D eigenvalue weighted by Gasteiger charge is -2.46. The second-order valence-electron chi connectivity index (χ2n) is 11.0. The van der Waals surface area contributed by atoms with E-state index in [4.69, 9.17) is 4.52 Å². The fraction of sp³-hybridized carbons (Fsp3) is 0.379. The maximum Gasteiger partial charge on any atom is 0.417 e. The first-order chi connectivity index (χ1) is 19.7. The molecule has 42 heavy (non-hydrogen) atoms. The molecule has 0 bridgehead atoms. The monoisotopic (exact) mass is 607 g/mol. The van der Waals surface area contributed by atoms with Crippen molar-refractivity contribution in [2.45, 2.75) is 74.1 Å². The number of rotatable bonds is 6. The van der Waals surface area contributed by atoms with E-state index < -0.39 is 57.8 Å². The summed E-state index contributed by atoms with van der Waals surface area (Å²) in [5.74, 6) is -1.06. The van der Waals surface area contributed by atoms with E-state index in [0.717, 1.165) is 29.8 Å². The van der Waals surface area contributed by atoms with Crippen LogP contribution in [0.3, 0.4) is 0 Å². The lowest BCUT2D eigenvalue weighted by Crippen LogP contribution is -2.55. The van der Waals surface area contributed by atoms with E-state index in [9.17, 15) is 35.9 Å². The Kier molecular flexibility index (Phi) is 7.46. The molecule has 1 aliphatic carbocycles. The number of aromatic nitrogens is 1. The highest BCUT2D eigenvalue weighted by Crippen LogP contribution is 2.59. The summed E-state index contributed by atoms with van der Waals surface area (Å²) >= 11 is 0. The highest BCUT2D eigenvalue weighted by Gasteiger charge is 2.62. The van der Waals surface area contributed by atoms with Gasteiger partial charge < -0.3 is 14.9 Å². The van der Waals surface area contributed by atoms with Crippen molar-refractivity contribution in [3.63, 3.8) is 0 Å². The molecule has 1 spiro atoms. The smallest absolute Gasteiger partial charge is 0.380 e. The van der Waals surface area contributed by atoms with Crippen LogP contribution in [-0.4, -0.2) is 42.4 Å². The maximum atomic E-state index is 14.2. The van der Waals surface area contributed by atoms with Gasteiger partial charge in [-0.1, -0.05) is 16.8 Å². The molecule has 2 aliphatic rings. The van der Waals surface area contributed by atoms with Gasteiger partial charge in [0.2, 0.25) is 0 Å². The number of halogens is 4. The van der Waals surface area contributed by atoms with E-state index in [0.29, 0.717) is 5.56 Å². The van der Waals surface area contributed by atoms with Crippen LogP contribution in [-0.2, 0) is 15.4 Å². The molecule has 1 aromatic heterocycles. The Morgan fingerprint density at radius 3 is 2.36 bits per heavy atom. The molecule has 3 aromatic rings. The maximum absolute atomic E-state index is 14.2. The second kappa shape index (κ2) is 10.5. The number of sulfonamides is 1. The summed E-state index contributed by atoms with van der Waals surface area (Å²) in [6.45, 7) is 3.65. The normalized spacial score (nSPS) is 24.0. The predicted octanol–water partition coefficient (Wildman–Crippen LogP) is 6.11. The molecule has 2 N–H and O–H groups in total. The quantitative estimate of drug-likeness (QED) is 0.259. The molecule has 0 radical (unpaired) electrons. The van der Waals surface area contributed by atoms with Gasteiger partial charge in [-0.2, -0.15) is 13.2 Å². The molecule has 0 saturated heterocycles. The molecule has 2 aromatic carbocycles. The van der Waals surface area contributed by atoms with Crippen LogP contribution in [0.15, 0.2) is 75.9 Å². The minimum absolute atomic E-state index is 0.134. The molecule has 224 valence electrons. The SMILES string of the molecule is CC(C)=CCC1N(S(=O)(=O)c2ccc(F)cc2)c2ccc(C(=O)Nc3ccon3)cc2C12CCC(O)(C(F)(F)F)CC2. The van der Waals surface area contributed by atoms with Crippen LogP contribution in [0.5, 0.6) is 0 Å². The van der Waals surface area contributed by atoms with Crippen LogP contribution in [0.1, 0.15) is 61.9 Å². The zero-order valence-electron chi connectivity index (χ0n) is 22.8. The molecular formula is C29H29F4N3O5S. The van der Waals surface area contributed by atoms with E-state index >= 15 is 0 Å². The Bertz CT molecular complexity index is 1610. The molecule has 13 heteroatoms. The third kappa shape index (κ3) is 5.08. The van der Waals surface area contributed by atoms with E-state index in [1.807, 2.05) is 19.9 Å². The number of fused-ring (bicyclic) bond motifs is 2. The van der Waals surface area contributed by atoms with Gasteiger partial charge >= 0.3 is 6.18 Å². The van der Waals surface area contributed by atoms with Crippen LogP contribution < -0.4 is 9.62 Å². The second-order valence-corrected chi connectivity index (χ2v) is 12.9. The summed E-state index contributed by atoms with van der Waals surface area (Å²) < 4.78 is 89.5. The van der Waals surface area contributed by atoms with Gasteiger partial charge in [-0.15, -0.1) is 0 Å². The largest absolute Gasteiger partial charge is 0.417 e. The zero-order chi connectivity index (χ0) is 30.5. The number of aliphatic hydroxyl groups is 1. The molecule has 2 heterocycles. The van der Waals surface area contributed by atoms with Crippen LogP contribution in [0, 0.1) is 5.82 Å². The summed E-state index contributed by atoms with van der Waals surface area (Å²) in [5.41, 5.74) is -2.50. The first kappa shape index (κ1) is 29.8. The summed E-state index contributed by atoms with van der Waals surface area (Å²) in [4.78, 5) is 12.9. The van der Waals surface area contributed by atoms with E-state index in [2.05, 4.69) is 10.5 Å². The average molecular weight is 608 g/mol. The summed E-state index contributed by atoms with van der Waals surface area (Å²) in [6, 6.07) is 9.24. The van der Waals surface area contributed by atoms with Crippen molar-refractivity contribution in [1.29, 1.82) is 0 Å². The number of benzene rings is 2. The Morgan fingerprint density at radius 2 is 1.79 bits per heavy atom. The molecule has 8 nitrogen and oxygen atoms in total. The number of alkyl halides is 3. The Morgan fingerprint density at radius 1 is 1.12 bits per heavy atom. The van der Waals surface area contributed by atoms with Crippen molar-refractivity contribution in [3.8, 4) is 0 Å². The zero-order valence-corrected chi connectivity index (χ0v) is 23.6. The lowest BCUT2D eigenvalue weighted by atomic mass is 9.62. The number of hydrogen-bond donors (Lipinski definition) is 2. The standard InChI is InChI=1S/C29H29F4N3O5S/c1-18(2)3-10-24-27(12-14-28(38,15-13-27)29(31,32)33)22-17-19(26(37)34-25-11-16-41-35-25)4-9-23(22)36(24)42(39,40)21-7-5-20(30)6-8-21/h3-9,11,16-17,24,38H,10,12-15H2,1-2H3,(H,34,35,37). The molecule has 1 unspecified atom stereocenters. The minimum Gasteiger partial charge on any atom is -0.380 e. The third-order valence-corrected chi connectivity index (χ3v) is 10.1. The van der Waals surface area contributed by atoms with Gasteiger partial charge in [0.15, 0.2) is 11.4 Å². The van der Waals surface area contributed by atoms with E-state index in [1.54, 1.807) is 0 Å². The number of anilines is 2. The topological polar surface area (TPSA) is 113 Å². The average Bonchev–Trinajstić information content (AvgIpc) is 3.53. The molecular weight excluding hydrogens is 578 g/mol. The predicted molar refractivity (Wildman–Crippen MR) is 146 cm³/mol. The third-order valence-electron chi connectivity index (χ3n) is 8.25. The number of hydrogen-bond acceptors (Lipinski definition) is 6. The molecule has 1 saturated carbocycles. The van der Waals surface area contributed by atoms with Crippen molar-refractivity contribution in [2.75, 3.05) is 9.62 Å². The number of nitrogens with zero attached hydrogens (tertiary/aromatic N) is 2. The Labute approximate surface area is 240 Å². The van der Waals surface area contributed by atoms with E-state index in [1.165, 1.54) is 34.8 Å². The highest BCUT2D eigenvalue weighted by atomic mass is 32.2. The van der Waals surface area contributed by atoms with Crippen LogP contribution in [0.4, 0.5) is 29.1 Å². The minimum atomic E-state index is -4.87. The van der Waals surface area contributed by atoms with Gasteiger partial charge in [-0.05, 0) is 94.0 Å². The van der Waals surface area contributed by atoms with Crippen molar-refractivity contribution >= 4 is 27.4 Å². The number of amides is 1. The molecule has 1 fully saturated rings. The highest BCUT2D eigenvalue weighted by molar-refractivity contribution is 7.92. The summed E-state index contributed by atoms with van der Waals surface area (Å²) in [7, 11) is -4.34. The van der Waals surface area contributed by atoms with Crippen LogP contribution >= 0.6 is 0 Å². The number of carbonyl (C=O) groups excluding carboxylic acids is 1. The van der Waals surface area contributed by atoms with Gasteiger partial charge in [0.05, 0.1) is 16.6 Å². The lowest BCUT2D eigenvalue weighted by molar-refractivity contribution is -0.273. The van der Waals surface area contributed by atoms with Crippen molar-refractivity contribution in [3.05, 3.63) is 83.4 Å². The molecule has 1 aliphatic heterocycles. The van der Waals surface area contributed by atoms with E-state index in [-0.39, 0.29) is 41.2 Å². The van der Waals surface area contributed by atoms with Crippen molar-refractivity contribution in [1.82, 2.24) is 5.16 Å². The first-order valence-corrected chi connectivity index (χ1v) is 14.7. The van der Waals surface area contributed by atoms with Crippen LogP contribution in [0.2, 0.25) is 0 Å². The summed E-state index contributed by atoms with van der Waals surface area (Å²) in [6.07, 6.45) is -3.32. The first-order valence-electron chi connectivity index (χ1n) is 13.3. The number of nitrogens with one attached hydrogen (secondary N) is 1. The van der Waals surface area contributed by atoms with Gasteiger partial charge in [-0.3, -0.25) is 9.10 Å². The fourth-order valence-electron chi connectivity index (χ4n) is 5.99. The van der Waals surface area contributed by atoms with Crippen LogP contribution in [0.25, 0.3) is 0 Å². The van der Waals surface area contributed by atoms with Gasteiger partial charge in [0, 0.05) is 17.0 Å². The van der Waals surface area contributed by atoms with Gasteiger partial charge in [0.1, 0.15) is 12.1 Å². The van der Waals surface area contributed by atoms with Gasteiger partial charge in [-0.25, -0.2) is 12.8 Å². The molecule has 5 rings (SSSR count). The fourth-order valence-corrected chi connectivity index (χ4v) is 7.74. The molecule has 1 amide bonds. The van der Waals surface area contributed by atoms with Gasteiger partial charge in [0.25, 0.3) is 15.9 Å². The number of carbonyl (C=O) groups is 1.